The van der Waals surface area contributed by atoms with Crippen LogP contribution in [0.2, 0.25) is 0 Å². The molecular weight excluding hydrogens is 354 g/mol. The van der Waals surface area contributed by atoms with E-state index in [1.807, 2.05) is 6.20 Å². The van der Waals surface area contributed by atoms with Crippen LogP contribution in [0, 0.1) is 0 Å². The number of hydrogen-bond donors (Lipinski definition) is 2. The van der Waals surface area contributed by atoms with Crippen LogP contribution < -0.4 is 11.1 Å². The summed E-state index contributed by atoms with van der Waals surface area (Å²) in [4.78, 5) is 4.95. The van der Waals surface area contributed by atoms with Gasteiger partial charge in [-0.25, -0.2) is 4.98 Å². The lowest BCUT2D eigenvalue weighted by Crippen LogP contribution is -2.29. The number of anilines is 1. The number of rotatable bonds is 2. The van der Waals surface area contributed by atoms with E-state index in [4.69, 9.17) is 10.7 Å². The molecule has 0 saturated carbocycles. The molecule has 1 unspecified atom stereocenters. The van der Waals surface area contributed by atoms with Crippen molar-refractivity contribution in [1.29, 1.82) is 0 Å². The molecule has 0 spiro atoms. The Balaban J connectivity index is 1.87. The van der Waals surface area contributed by atoms with Gasteiger partial charge in [0.25, 0.3) is 0 Å². The lowest BCUT2D eigenvalue weighted by molar-refractivity contribution is 0.453. The summed E-state index contributed by atoms with van der Waals surface area (Å²) < 4.78 is 2.61. The number of aromatic nitrogens is 3. The quantitative estimate of drug-likeness (QED) is 0.847. The van der Waals surface area contributed by atoms with E-state index in [9.17, 15) is 0 Å². The van der Waals surface area contributed by atoms with Gasteiger partial charge in [0.2, 0.25) is 0 Å². The van der Waals surface area contributed by atoms with Crippen LogP contribution in [0.5, 0.6) is 0 Å². The van der Waals surface area contributed by atoms with Gasteiger partial charge in [0.05, 0.1) is 16.4 Å². The van der Waals surface area contributed by atoms with Crippen LogP contribution in [0.1, 0.15) is 43.4 Å². The molecule has 0 amide bonds. The molecule has 0 aromatic carbocycles. The zero-order valence-corrected chi connectivity index (χ0v) is 14.7. The fourth-order valence-corrected chi connectivity index (χ4v) is 3.99. The first kappa shape index (κ1) is 14.9. The third kappa shape index (κ3) is 2.50. The number of fused-ring (bicyclic) bond motifs is 1. The standard InChI is InChI=1S/C17H20BrN5/c1-10-4-5-11(7-10)13-9-21-23-16(19)14(18)15(22-17(13)23)12-3-2-6-20-8-12/h5,7,9,12,20H,2-4,6,8,19H2,1H3. The van der Waals surface area contributed by atoms with Crippen molar-refractivity contribution in [2.24, 2.45) is 0 Å². The number of hydrogen-bond acceptors (Lipinski definition) is 4. The molecule has 1 fully saturated rings. The van der Waals surface area contributed by atoms with Crippen molar-refractivity contribution in [3.05, 3.63) is 39.7 Å². The first-order chi connectivity index (χ1) is 11.1. The average molecular weight is 374 g/mol. The van der Waals surface area contributed by atoms with Crippen molar-refractivity contribution in [1.82, 2.24) is 19.9 Å². The van der Waals surface area contributed by atoms with Gasteiger partial charge in [-0.1, -0.05) is 17.7 Å². The Labute approximate surface area is 143 Å². The molecule has 2 aromatic rings. The van der Waals surface area contributed by atoms with Gasteiger partial charge in [0.15, 0.2) is 5.65 Å². The molecule has 23 heavy (non-hydrogen) atoms. The van der Waals surface area contributed by atoms with E-state index in [0.717, 1.165) is 47.3 Å². The van der Waals surface area contributed by atoms with Crippen molar-refractivity contribution < 1.29 is 0 Å². The van der Waals surface area contributed by atoms with E-state index in [0.29, 0.717) is 11.7 Å². The second kappa shape index (κ2) is 5.76. The van der Waals surface area contributed by atoms with Crippen LogP contribution in [-0.2, 0) is 0 Å². The van der Waals surface area contributed by atoms with Gasteiger partial charge in [-0.3, -0.25) is 0 Å². The van der Waals surface area contributed by atoms with E-state index in [1.165, 1.54) is 17.6 Å². The first-order valence-electron chi connectivity index (χ1n) is 8.06. The second-order valence-corrected chi connectivity index (χ2v) is 7.18. The molecule has 3 N–H and O–H groups in total. The molecular formula is C17H20BrN5. The van der Waals surface area contributed by atoms with Gasteiger partial charge in [0, 0.05) is 18.0 Å². The third-order valence-corrected chi connectivity index (χ3v) is 5.50. The zero-order valence-electron chi connectivity index (χ0n) is 13.1. The number of nitrogens with two attached hydrogens (primary N) is 1. The zero-order chi connectivity index (χ0) is 16.0. The first-order valence-corrected chi connectivity index (χ1v) is 8.85. The summed E-state index contributed by atoms with van der Waals surface area (Å²) in [6.45, 7) is 4.18. The van der Waals surface area contributed by atoms with E-state index in [1.54, 1.807) is 4.52 Å². The van der Waals surface area contributed by atoms with Crippen molar-refractivity contribution in [3.63, 3.8) is 0 Å². The smallest absolute Gasteiger partial charge is 0.165 e. The number of allylic oxidation sites excluding steroid dienone is 4. The highest BCUT2D eigenvalue weighted by atomic mass is 79.9. The molecule has 5 nitrogen and oxygen atoms in total. The Hall–Kier alpha value is -1.66. The fraction of sp³-hybridized carbons (Fsp3) is 0.412. The highest BCUT2D eigenvalue weighted by Gasteiger charge is 2.24. The van der Waals surface area contributed by atoms with E-state index < -0.39 is 0 Å². The van der Waals surface area contributed by atoms with Crippen LogP contribution in [0.25, 0.3) is 11.2 Å². The predicted octanol–water partition coefficient (Wildman–Crippen LogP) is 3.27. The summed E-state index contributed by atoms with van der Waals surface area (Å²) in [6.07, 6.45) is 9.61. The molecule has 2 aromatic heterocycles. The Kier molecular flexibility index (Phi) is 3.73. The summed E-state index contributed by atoms with van der Waals surface area (Å²) in [5.74, 6) is 1.02. The molecule has 120 valence electrons. The predicted molar refractivity (Wildman–Crippen MR) is 96.3 cm³/mol. The Morgan fingerprint density at radius 2 is 2.30 bits per heavy atom. The summed E-state index contributed by atoms with van der Waals surface area (Å²) in [7, 11) is 0. The number of nitrogens with zero attached hydrogens (tertiary/aromatic N) is 3. The molecule has 1 saturated heterocycles. The maximum atomic E-state index is 6.32. The van der Waals surface area contributed by atoms with Crippen LogP contribution in [0.3, 0.4) is 0 Å². The molecule has 2 aliphatic rings. The topological polar surface area (TPSA) is 68.2 Å². The van der Waals surface area contributed by atoms with Crippen LogP contribution in [0.15, 0.2) is 28.4 Å². The van der Waals surface area contributed by atoms with Crippen LogP contribution >= 0.6 is 15.9 Å². The summed E-state index contributed by atoms with van der Waals surface area (Å²) in [5, 5.41) is 7.90. The van der Waals surface area contributed by atoms with E-state index in [2.05, 4.69) is 45.4 Å². The Morgan fingerprint density at radius 3 is 3.00 bits per heavy atom. The average Bonchev–Trinajstić information content (AvgIpc) is 3.17. The third-order valence-electron chi connectivity index (χ3n) is 4.69. The molecule has 1 aliphatic heterocycles. The minimum Gasteiger partial charge on any atom is -0.383 e. The van der Waals surface area contributed by atoms with Gasteiger partial charge >= 0.3 is 0 Å². The normalized spacial score (nSPS) is 21.6. The molecule has 0 radical (unpaired) electrons. The van der Waals surface area contributed by atoms with Gasteiger partial charge in [-0.2, -0.15) is 9.61 Å². The second-order valence-electron chi connectivity index (χ2n) is 6.39. The number of halogens is 1. The fourth-order valence-electron chi connectivity index (χ4n) is 3.41. The van der Waals surface area contributed by atoms with Crippen molar-refractivity contribution >= 4 is 33.0 Å². The van der Waals surface area contributed by atoms with Gasteiger partial charge in [-0.05, 0) is 54.2 Å². The highest BCUT2D eigenvalue weighted by Crippen LogP contribution is 2.35. The Bertz CT molecular complexity index is 827. The lowest BCUT2D eigenvalue weighted by atomic mass is 9.96. The number of piperidine rings is 1. The van der Waals surface area contributed by atoms with Crippen molar-refractivity contribution in [2.45, 2.75) is 32.1 Å². The SMILES string of the molecule is CC1=CC(c2cnn3c(N)c(Br)c(C4CCCNC4)nc23)=CC1. The molecule has 1 aliphatic carbocycles. The lowest BCUT2D eigenvalue weighted by Gasteiger charge is -2.23. The maximum absolute atomic E-state index is 6.32. The van der Waals surface area contributed by atoms with Crippen molar-refractivity contribution in [2.75, 3.05) is 18.8 Å². The van der Waals surface area contributed by atoms with Crippen LogP contribution in [0.4, 0.5) is 5.82 Å². The van der Waals surface area contributed by atoms with E-state index >= 15 is 0 Å². The minimum absolute atomic E-state index is 0.392. The molecule has 4 rings (SSSR count). The molecule has 6 heteroatoms. The number of nitrogens with one attached hydrogen (secondary N) is 1. The van der Waals surface area contributed by atoms with Gasteiger partial charge in [-0.15, -0.1) is 0 Å². The Morgan fingerprint density at radius 1 is 1.43 bits per heavy atom. The van der Waals surface area contributed by atoms with Crippen molar-refractivity contribution in [3.8, 4) is 0 Å². The molecule has 1 atom stereocenters. The van der Waals surface area contributed by atoms with Gasteiger partial charge in [0.1, 0.15) is 5.82 Å². The van der Waals surface area contributed by atoms with Gasteiger partial charge < -0.3 is 11.1 Å². The maximum Gasteiger partial charge on any atom is 0.165 e. The summed E-state index contributed by atoms with van der Waals surface area (Å²) in [5.41, 5.74) is 11.8. The largest absolute Gasteiger partial charge is 0.383 e. The monoisotopic (exact) mass is 373 g/mol. The van der Waals surface area contributed by atoms with Crippen LogP contribution in [-0.4, -0.2) is 27.7 Å². The highest BCUT2D eigenvalue weighted by molar-refractivity contribution is 9.10. The summed E-state index contributed by atoms with van der Waals surface area (Å²) in [6, 6.07) is 0. The van der Waals surface area contributed by atoms with E-state index in [-0.39, 0.29) is 0 Å². The molecule has 0 bridgehead atoms. The number of nitrogen functional groups attached to an aromatic ring is 1. The molecule has 3 heterocycles. The summed E-state index contributed by atoms with van der Waals surface area (Å²) >= 11 is 3.64. The minimum atomic E-state index is 0.392.